The van der Waals surface area contributed by atoms with Crippen molar-refractivity contribution in [1.29, 1.82) is 0 Å². The molecule has 2 amide bonds. The van der Waals surface area contributed by atoms with E-state index in [1.807, 2.05) is 43.3 Å². The van der Waals surface area contributed by atoms with E-state index in [0.717, 1.165) is 24.0 Å². The van der Waals surface area contributed by atoms with Gasteiger partial charge in [0.25, 0.3) is 5.91 Å². The van der Waals surface area contributed by atoms with Gasteiger partial charge in [-0.1, -0.05) is 31.5 Å². The molecule has 7 heteroatoms. The average Bonchev–Trinajstić information content (AvgIpc) is 3.28. The number of unbranched alkanes of at least 4 members (excludes halogenated alkanes) is 1. The third kappa shape index (κ3) is 5.24. The number of hydrogen-bond acceptors (Lipinski definition) is 5. The third-order valence-electron chi connectivity index (χ3n) is 6.26. The van der Waals surface area contributed by atoms with Crippen LogP contribution in [0.15, 0.2) is 36.4 Å². The number of amides is 2. The highest BCUT2D eigenvalue weighted by molar-refractivity contribution is 5.96. The van der Waals surface area contributed by atoms with Gasteiger partial charge in [0.05, 0.1) is 27.2 Å². The number of nitrogens with one attached hydrogen (secondary N) is 1. The molecule has 0 spiro atoms. The maximum atomic E-state index is 13.3. The molecule has 0 bridgehead atoms. The topological polar surface area (TPSA) is 77.1 Å². The Morgan fingerprint density at radius 1 is 1.03 bits per heavy atom. The second-order valence-electron chi connectivity index (χ2n) is 8.34. The van der Waals surface area contributed by atoms with Crippen LogP contribution in [0.1, 0.15) is 47.2 Å². The monoisotopic (exact) mass is 454 g/mol. The van der Waals surface area contributed by atoms with Crippen molar-refractivity contribution in [3.63, 3.8) is 0 Å². The number of carbonyl (C=O) groups is 2. The van der Waals surface area contributed by atoms with Gasteiger partial charge in [0.1, 0.15) is 0 Å². The molecule has 0 saturated carbocycles. The van der Waals surface area contributed by atoms with Crippen molar-refractivity contribution in [1.82, 2.24) is 10.2 Å². The quantitative estimate of drug-likeness (QED) is 0.584. The predicted molar refractivity (Wildman–Crippen MR) is 127 cm³/mol. The molecule has 0 aliphatic carbocycles. The van der Waals surface area contributed by atoms with E-state index >= 15 is 0 Å². The fourth-order valence-corrected chi connectivity index (χ4v) is 4.39. The SMILES string of the molecule is CCCCNC(=O)[C@@H]1CN(C(=O)c2ccccc2C)C[C@@H]1c1cc(OC)c(OC)c(OC)c1. The zero-order valence-electron chi connectivity index (χ0n) is 20.1. The molecule has 1 fully saturated rings. The summed E-state index contributed by atoms with van der Waals surface area (Å²) in [5.41, 5.74) is 2.45. The third-order valence-corrected chi connectivity index (χ3v) is 6.26. The lowest BCUT2D eigenvalue weighted by Crippen LogP contribution is -2.36. The molecule has 1 aliphatic rings. The first-order valence-corrected chi connectivity index (χ1v) is 11.4. The van der Waals surface area contributed by atoms with Crippen LogP contribution in [0.2, 0.25) is 0 Å². The lowest BCUT2D eigenvalue weighted by Gasteiger charge is -2.21. The lowest BCUT2D eigenvalue weighted by atomic mass is 9.88. The van der Waals surface area contributed by atoms with Crippen molar-refractivity contribution >= 4 is 11.8 Å². The maximum absolute atomic E-state index is 13.3. The molecular weight excluding hydrogens is 420 g/mol. The van der Waals surface area contributed by atoms with Gasteiger partial charge in [0.2, 0.25) is 11.7 Å². The first-order valence-electron chi connectivity index (χ1n) is 11.4. The molecule has 1 aliphatic heterocycles. The van der Waals surface area contributed by atoms with Crippen molar-refractivity contribution in [3.05, 3.63) is 53.1 Å². The summed E-state index contributed by atoms with van der Waals surface area (Å²) in [5, 5.41) is 3.05. The van der Waals surface area contributed by atoms with E-state index in [0.29, 0.717) is 42.4 Å². The summed E-state index contributed by atoms with van der Waals surface area (Å²) in [7, 11) is 4.69. The van der Waals surface area contributed by atoms with Crippen LogP contribution < -0.4 is 19.5 Å². The van der Waals surface area contributed by atoms with Crippen molar-refractivity contribution in [2.45, 2.75) is 32.6 Å². The summed E-state index contributed by atoms with van der Waals surface area (Å²) in [5.74, 6) is 0.877. The Morgan fingerprint density at radius 2 is 1.70 bits per heavy atom. The second kappa shape index (κ2) is 11.1. The molecule has 1 heterocycles. The summed E-state index contributed by atoms with van der Waals surface area (Å²) in [6, 6.07) is 11.3. The van der Waals surface area contributed by atoms with E-state index < -0.39 is 0 Å². The van der Waals surface area contributed by atoms with Crippen LogP contribution in [-0.2, 0) is 4.79 Å². The van der Waals surface area contributed by atoms with Gasteiger partial charge in [-0.2, -0.15) is 0 Å². The van der Waals surface area contributed by atoms with Crippen molar-refractivity contribution in [2.75, 3.05) is 41.0 Å². The van der Waals surface area contributed by atoms with Crippen molar-refractivity contribution < 1.29 is 23.8 Å². The molecule has 3 rings (SSSR count). The highest BCUT2D eigenvalue weighted by Gasteiger charge is 2.41. The molecule has 2 aromatic carbocycles. The molecule has 2 atom stereocenters. The van der Waals surface area contributed by atoms with Crippen LogP contribution in [0, 0.1) is 12.8 Å². The standard InChI is InChI=1S/C26H34N2O5/c1-6-7-12-27-25(29)21-16-28(26(30)19-11-9-8-10-17(19)2)15-20(21)18-13-22(31-3)24(33-5)23(14-18)32-4/h8-11,13-14,20-21H,6-7,12,15-16H2,1-5H3,(H,27,29)/t20-,21-/m1/s1. The van der Waals surface area contributed by atoms with E-state index in [9.17, 15) is 9.59 Å². The van der Waals surface area contributed by atoms with Crippen LogP contribution >= 0.6 is 0 Å². The number of benzene rings is 2. The predicted octanol–water partition coefficient (Wildman–Crippen LogP) is 3.79. The normalized spacial score (nSPS) is 17.5. The van der Waals surface area contributed by atoms with E-state index in [-0.39, 0.29) is 23.7 Å². The Kier molecular flexibility index (Phi) is 8.20. The molecule has 0 aromatic heterocycles. The Balaban J connectivity index is 1.97. The van der Waals surface area contributed by atoms with Crippen LogP contribution in [0.3, 0.4) is 0 Å². The van der Waals surface area contributed by atoms with Crippen molar-refractivity contribution in [3.8, 4) is 17.2 Å². The van der Waals surface area contributed by atoms with Crippen LogP contribution in [0.4, 0.5) is 0 Å². The molecular formula is C26H34N2O5. The number of rotatable bonds is 9. The fraction of sp³-hybridized carbons (Fsp3) is 0.462. The molecule has 7 nitrogen and oxygen atoms in total. The molecule has 33 heavy (non-hydrogen) atoms. The zero-order valence-corrected chi connectivity index (χ0v) is 20.1. The Bertz CT molecular complexity index is 965. The number of methoxy groups -OCH3 is 3. The van der Waals surface area contributed by atoms with Crippen LogP contribution in [0.5, 0.6) is 17.2 Å². The number of hydrogen-bond donors (Lipinski definition) is 1. The van der Waals surface area contributed by atoms with E-state index in [2.05, 4.69) is 12.2 Å². The maximum Gasteiger partial charge on any atom is 0.254 e. The van der Waals surface area contributed by atoms with Crippen molar-refractivity contribution in [2.24, 2.45) is 5.92 Å². The van der Waals surface area contributed by atoms with Gasteiger partial charge < -0.3 is 24.4 Å². The van der Waals surface area contributed by atoms with Gasteiger partial charge in [0, 0.05) is 31.1 Å². The summed E-state index contributed by atoms with van der Waals surface area (Å²) in [6.45, 7) is 5.42. The number of ether oxygens (including phenoxy) is 3. The fourth-order valence-electron chi connectivity index (χ4n) is 4.39. The minimum Gasteiger partial charge on any atom is -0.493 e. The number of likely N-dealkylation sites (tertiary alicyclic amines) is 1. The van der Waals surface area contributed by atoms with E-state index in [4.69, 9.17) is 14.2 Å². The molecule has 178 valence electrons. The van der Waals surface area contributed by atoms with Gasteiger partial charge in [-0.05, 0) is 42.7 Å². The first kappa shape index (κ1) is 24.4. The zero-order chi connectivity index (χ0) is 24.0. The van der Waals surface area contributed by atoms with Gasteiger partial charge in [-0.25, -0.2) is 0 Å². The smallest absolute Gasteiger partial charge is 0.254 e. The highest BCUT2D eigenvalue weighted by Crippen LogP contribution is 2.43. The van der Waals surface area contributed by atoms with Gasteiger partial charge >= 0.3 is 0 Å². The Labute approximate surface area is 196 Å². The largest absolute Gasteiger partial charge is 0.493 e. The first-order chi connectivity index (χ1) is 15.9. The Morgan fingerprint density at radius 3 is 2.27 bits per heavy atom. The van der Waals surface area contributed by atoms with Gasteiger partial charge in [0.15, 0.2) is 11.5 Å². The highest BCUT2D eigenvalue weighted by atomic mass is 16.5. The number of carbonyl (C=O) groups excluding carboxylic acids is 2. The average molecular weight is 455 g/mol. The summed E-state index contributed by atoms with van der Waals surface area (Å²) >= 11 is 0. The van der Waals surface area contributed by atoms with Crippen LogP contribution in [-0.4, -0.2) is 57.7 Å². The van der Waals surface area contributed by atoms with E-state index in [1.54, 1.807) is 26.2 Å². The van der Waals surface area contributed by atoms with Gasteiger partial charge in [-0.3, -0.25) is 9.59 Å². The Hall–Kier alpha value is -3.22. The molecule has 0 radical (unpaired) electrons. The van der Waals surface area contributed by atoms with Crippen LogP contribution in [0.25, 0.3) is 0 Å². The summed E-state index contributed by atoms with van der Waals surface area (Å²) < 4.78 is 16.5. The minimum absolute atomic E-state index is 0.0396. The summed E-state index contributed by atoms with van der Waals surface area (Å²) in [4.78, 5) is 28.3. The molecule has 1 N–H and O–H groups in total. The number of aryl methyl sites for hydroxylation is 1. The number of nitrogens with zero attached hydrogens (tertiary/aromatic N) is 1. The lowest BCUT2D eigenvalue weighted by molar-refractivity contribution is -0.124. The minimum atomic E-state index is -0.377. The molecule has 1 saturated heterocycles. The molecule has 0 unspecified atom stereocenters. The van der Waals surface area contributed by atoms with Gasteiger partial charge in [-0.15, -0.1) is 0 Å². The second-order valence-corrected chi connectivity index (χ2v) is 8.34. The molecule has 2 aromatic rings. The van der Waals surface area contributed by atoms with E-state index in [1.165, 1.54) is 0 Å². The summed E-state index contributed by atoms with van der Waals surface area (Å²) in [6.07, 6.45) is 1.91.